The summed E-state index contributed by atoms with van der Waals surface area (Å²) in [6, 6.07) is 0.113. The molecule has 0 radical (unpaired) electrons. The van der Waals surface area contributed by atoms with Crippen LogP contribution >= 0.6 is 0 Å². The average molecular weight is 243 g/mol. The number of hydrogen-bond acceptors (Lipinski definition) is 3. The molecule has 1 atom stereocenters. The van der Waals surface area contributed by atoms with Crippen molar-refractivity contribution in [3.8, 4) is 0 Å². The Bertz CT molecular complexity index is 252. The fraction of sp³-hybridized carbons (Fsp3) is 0.833. The van der Waals surface area contributed by atoms with Crippen molar-refractivity contribution in [3.05, 3.63) is 0 Å². The molecule has 3 N–H and O–H groups in total. The Kier molecular flexibility index (Phi) is 7.54. The first-order valence-electron chi connectivity index (χ1n) is 6.11. The maximum atomic E-state index is 11.5. The van der Waals surface area contributed by atoms with Gasteiger partial charge >= 0.3 is 0 Å². The van der Waals surface area contributed by atoms with Crippen molar-refractivity contribution >= 4 is 11.8 Å². The number of rotatable bonds is 7. The zero-order chi connectivity index (χ0) is 13.4. The summed E-state index contributed by atoms with van der Waals surface area (Å²) >= 11 is 0. The third-order valence-electron chi connectivity index (χ3n) is 2.34. The smallest absolute Gasteiger partial charge is 0.222 e. The molecule has 0 rings (SSSR count). The lowest BCUT2D eigenvalue weighted by Gasteiger charge is -2.18. The Morgan fingerprint density at radius 1 is 1.12 bits per heavy atom. The zero-order valence-corrected chi connectivity index (χ0v) is 11.5. The van der Waals surface area contributed by atoms with E-state index in [1.165, 1.54) is 0 Å². The van der Waals surface area contributed by atoms with Gasteiger partial charge < -0.3 is 16.0 Å². The standard InChI is InChI=1S/C12H25N3O2/c1-8(2)12(17)14-7-10(13-5)6-11(16)15-9(3)4/h8-10,13H,6-7H2,1-5H3,(H,14,17)(H,15,16). The summed E-state index contributed by atoms with van der Waals surface area (Å²) in [5.74, 6) is -0.0235. The van der Waals surface area contributed by atoms with Crippen molar-refractivity contribution in [2.24, 2.45) is 5.92 Å². The second-order valence-electron chi connectivity index (χ2n) is 4.81. The third kappa shape index (κ3) is 7.74. The Morgan fingerprint density at radius 2 is 1.71 bits per heavy atom. The van der Waals surface area contributed by atoms with E-state index in [1.807, 2.05) is 27.7 Å². The van der Waals surface area contributed by atoms with Gasteiger partial charge in [-0.1, -0.05) is 13.8 Å². The molecular formula is C12H25N3O2. The molecule has 1 unspecified atom stereocenters. The summed E-state index contributed by atoms with van der Waals surface area (Å²) < 4.78 is 0. The van der Waals surface area contributed by atoms with Crippen molar-refractivity contribution in [1.82, 2.24) is 16.0 Å². The van der Waals surface area contributed by atoms with E-state index in [4.69, 9.17) is 0 Å². The first-order chi connectivity index (χ1) is 7.86. The summed E-state index contributed by atoms with van der Waals surface area (Å²) in [5.41, 5.74) is 0. The second kappa shape index (κ2) is 8.06. The van der Waals surface area contributed by atoms with Crippen molar-refractivity contribution in [1.29, 1.82) is 0 Å². The SMILES string of the molecule is CNC(CNC(=O)C(C)C)CC(=O)NC(C)C. The maximum Gasteiger partial charge on any atom is 0.222 e. The lowest BCUT2D eigenvalue weighted by molar-refractivity contribution is -0.125. The van der Waals surface area contributed by atoms with Crippen molar-refractivity contribution in [2.75, 3.05) is 13.6 Å². The Labute approximate surface area is 104 Å². The average Bonchev–Trinajstić information content (AvgIpc) is 2.22. The minimum atomic E-state index is -0.0311. The van der Waals surface area contributed by atoms with E-state index < -0.39 is 0 Å². The Morgan fingerprint density at radius 3 is 2.12 bits per heavy atom. The number of likely N-dealkylation sites (N-methyl/N-ethyl adjacent to an activating group) is 1. The van der Waals surface area contributed by atoms with Gasteiger partial charge in [0.2, 0.25) is 11.8 Å². The molecule has 0 aliphatic carbocycles. The van der Waals surface area contributed by atoms with Crippen LogP contribution in [0.4, 0.5) is 0 Å². The molecule has 0 aromatic carbocycles. The fourth-order valence-corrected chi connectivity index (χ4v) is 1.31. The van der Waals surface area contributed by atoms with Gasteiger partial charge in [0.05, 0.1) is 0 Å². The topological polar surface area (TPSA) is 70.2 Å². The Balaban J connectivity index is 3.99. The lowest BCUT2D eigenvalue weighted by atomic mass is 10.1. The predicted molar refractivity (Wildman–Crippen MR) is 68.6 cm³/mol. The molecule has 0 aliphatic rings. The molecule has 0 saturated carbocycles. The Hall–Kier alpha value is -1.10. The van der Waals surface area contributed by atoms with Crippen LogP contribution in [0.25, 0.3) is 0 Å². The molecule has 0 aromatic rings. The van der Waals surface area contributed by atoms with Crippen LogP contribution in [0.5, 0.6) is 0 Å². The molecule has 0 aliphatic heterocycles. The van der Waals surface area contributed by atoms with E-state index in [-0.39, 0.29) is 29.8 Å². The number of carbonyl (C=O) groups excluding carboxylic acids is 2. The van der Waals surface area contributed by atoms with E-state index in [2.05, 4.69) is 16.0 Å². The zero-order valence-electron chi connectivity index (χ0n) is 11.5. The summed E-state index contributed by atoms with van der Waals surface area (Å²) in [6.45, 7) is 8.00. The van der Waals surface area contributed by atoms with Crippen LogP contribution in [0, 0.1) is 5.92 Å². The predicted octanol–water partition coefficient (Wildman–Crippen LogP) is 0.261. The molecule has 0 spiro atoms. The van der Waals surface area contributed by atoms with Gasteiger partial charge in [0, 0.05) is 31.0 Å². The van der Waals surface area contributed by atoms with Crippen LogP contribution in [0.1, 0.15) is 34.1 Å². The molecule has 0 aromatic heterocycles. The lowest BCUT2D eigenvalue weighted by Crippen LogP contribution is -2.44. The highest BCUT2D eigenvalue weighted by molar-refractivity contribution is 5.78. The minimum Gasteiger partial charge on any atom is -0.354 e. The van der Waals surface area contributed by atoms with Gasteiger partial charge in [-0.2, -0.15) is 0 Å². The number of nitrogens with one attached hydrogen (secondary N) is 3. The highest BCUT2D eigenvalue weighted by atomic mass is 16.2. The molecule has 0 heterocycles. The highest BCUT2D eigenvalue weighted by Gasteiger charge is 2.14. The maximum absolute atomic E-state index is 11.5. The van der Waals surface area contributed by atoms with Crippen LogP contribution in [-0.4, -0.2) is 37.5 Å². The molecule has 2 amide bonds. The van der Waals surface area contributed by atoms with Crippen molar-refractivity contribution in [2.45, 2.75) is 46.2 Å². The molecule has 0 bridgehead atoms. The quantitative estimate of drug-likeness (QED) is 0.601. The monoisotopic (exact) mass is 243 g/mol. The summed E-state index contributed by atoms with van der Waals surface area (Å²) in [5, 5.41) is 8.66. The normalized spacial score (nSPS) is 12.6. The van der Waals surface area contributed by atoms with E-state index in [9.17, 15) is 9.59 Å². The van der Waals surface area contributed by atoms with E-state index >= 15 is 0 Å². The van der Waals surface area contributed by atoms with E-state index in [0.29, 0.717) is 13.0 Å². The van der Waals surface area contributed by atoms with E-state index in [1.54, 1.807) is 7.05 Å². The number of hydrogen-bond donors (Lipinski definition) is 3. The second-order valence-corrected chi connectivity index (χ2v) is 4.81. The third-order valence-corrected chi connectivity index (χ3v) is 2.34. The van der Waals surface area contributed by atoms with Gasteiger partial charge in [0.15, 0.2) is 0 Å². The fourth-order valence-electron chi connectivity index (χ4n) is 1.31. The van der Waals surface area contributed by atoms with Gasteiger partial charge in [-0.15, -0.1) is 0 Å². The summed E-state index contributed by atoms with van der Waals surface area (Å²) in [6.07, 6.45) is 0.368. The van der Waals surface area contributed by atoms with Crippen LogP contribution in [0.15, 0.2) is 0 Å². The summed E-state index contributed by atoms with van der Waals surface area (Å²) in [4.78, 5) is 22.9. The van der Waals surface area contributed by atoms with Crippen LogP contribution in [0.2, 0.25) is 0 Å². The minimum absolute atomic E-state index is 0.00172. The number of carbonyl (C=O) groups is 2. The van der Waals surface area contributed by atoms with Crippen molar-refractivity contribution < 1.29 is 9.59 Å². The highest BCUT2D eigenvalue weighted by Crippen LogP contribution is 1.94. The largest absolute Gasteiger partial charge is 0.354 e. The van der Waals surface area contributed by atoms with Crippen LogP contribution < -0.4 is 16.0 Å². The molecular weight excluding hydrogens is 218 g/mol. The molecule has 0 fully saturated rings. The van der Waals surface area contributed by atoms with Gasteiger partial charge in [0.1, 0.15) is 0 Å². The van der Waals surface area contributed by atoms with Crippen molar-refractivity contribution in [3.63, 3.8) is 0 Å². The number of amides is 2. The molecule has 5 nitrogen and oxygen atoms in total. The molecule has 17 heavy (non-hydrogen) atoms. The summed E-state index contributed by atoms with van der Waals surface area (Å²) in [7, 11) is 1.79. The van der Waals surface area contributed by atoms with Gasteiger partial charge in [-0.05, 0) is 20.9 Å². The van der Waals surface area contributed by atoms with E-state index in [0.717, 1.165) is 0 Å². The molecule has 100 valence electrons. The van der Waals surface area contributed by atoms with Gasteiger partial charge in [-0.3, -0.25) is 9.59 Å². The van der Waals surface area contributed by atoms with Crippen LogP contribution in [-0.2, 0) is 9.59 Å². The first-order valence-corrected chi connectivity index (χ1v) is 6.11. The first kappa shape index (κ1) is 15.9. The van der Waals surface area contributed by atoms with Gasteiger partial charge in [-0.25, -0.2) is 0 Å². The molecule has 0 saturated heterocycles. The molecule has 5 heteroatoms. The van der Waals surface area contributed by atoms with Gasteiger partial charge in [0.25, 0.3) is 0 Å². The van der Waals surface area contributed by atoms with Crippen LogP contribution in [0.3, 0.4) is 0 Å².